The molecule has 1 aromatic carbocycles. The second-order valence-corrected chi connectivity index (χ2v) is 7.06. The fourth-order valence-electron chi connectivity index (χ4n) is 3.91. The lowest BCUT2D eigenvalue weighted by Gasteiger charge is -2.28. The van der Waals surface area contributed by atoms with Crippen molar-refractivity contribution >= 4 is 5.91 Å². The molecule has 2 heterocycles. The second kappa shape index (κ2) is 7.88. The van der Waals surface area contributed by atoms with Gasteiger partial charge in [0.25, 0.3) is 0 Å². The van der Waals surface area contributed by atoms with Crippen LogP contribution in [0.2, 0.25) is 0 Å². The Morgan fingerprint density at radius 1 is 1.25 bits per heavy atom. The van der Waals surface area contributed by atoms with Gasteiger partial charge in [-0.2, -0.15) is 0 Å². The molecule has 2 saturated heterocycles. The Morgan fingerprint density at radius 2 is 1.92 bits per heavy atom. The van der Waals surface area contributed by atoms with Crippen molar-refractivity contribution in [3.8, 4) is 11.5 Å². The first-order chi connectivity index (χ1) is 11.6. The number of carbonyl (C=O) groups is 1. The zero-order chi connectivity index (χ0) is 16.9. The van der Waals surface area contributed by atoms with E-state index >= 15 is 0 Å². The molecule has 2 aliphatic heterocycles. The Hall–Kier alpha value is -1.75. The molecule has 2 N–H and O–H groups in total. The zero-order valence-electron chi connectivity index (χ0n) is 14.6. The van der Waals surface area contributed by atoms with Gasteiger partial charge in [0, 0.05) is 18.5 Å². The molecule has 24 heavy (non-hydrogen) atoms. The van der Waals surface area contributed by atoms with Crippen LogP contribution in [0, 0.1) is 5.92 Å². The van der Waals surface area contributed by atoms with E-state index in [2.05, 4.69) is 10.6 Å². The highest BCUT2D eigenvalue weighted by Gasteiger charge is 2.34. The highest BCUT2D eigenvalue weighted by Crippen LogP contribution is 2.32. The molecule has 2 bridgehead atoms. The third-order valence-electron chi connectivity index (χ3n) is 5.03. The lowest BCUT2D eigenvalue weighted by molar-refractivity contribution is -0.122. The standard InChI is InChI=1S/C19H28N2O3/c1-13(24-18-6-4-3-5-17(18)23-2)12-20-19(22)11-14-9-15-7-8-16(10-14)21-15/h3-6,13-16,21H,7-12H2,1-2H3,(H,20,22). The summed E-state index contributed by atoms with van der Waals surface area (Å²) in [5.41, 5.74) is 0. The molecule has 5 heteroatoms. The summed E-state index contributed by atoms with van der Waals surface area (Å²) < 4.78 is 11.2. The molecule has 0 aliphatic carbocycles. The van der Waals surface area contributed by atoms with E-state index < -0.39 is 0 Å². The van der Waals surface area contributed by atoms with Crippen LogP contribution in [0.1, 0.15) is 39.0 Å². The van der Waals surface area contributed by atoms with Gasteiger partial charge in [0.05, 0.1) is 13.7 Å². The van der Waals surface area contributed by atoms with Crippen molar-refractivity contribution in [1.82, 2.24) is 10.6 Å². The van der Waals surface area contributed by atoms with Gasteiger partial charge >= 0.3 is 0 Å². The van der Waals surface area contributed by atoms with Gasteiger partial charge in [0.1, 0.15) is 6.10 Å². The fourth-order valence-corrected chi connectivity index (χ4v) is 3.91. The van der Waals surface area contributed by atoms with Gasteiger partial charge in [-0.1, -0.05) is 12.1 Å². The van der Waals surface area contributed by atoms with Gasteiger partial charge in [-0.25, -0.2) is 0 Å². The number of methoxy groups -OCH3 is 1. The number of amides is 1. The summed E-state index contributed by atoms with van der Waals surface area (Å²) >= 11 is 0. The van der Waals surface area contributed by atoms with Gasteiger partial charge in [0.2, 0.25) is 5.91 Å². The average molecular weight is 332 g/mol. The van der Waals surface area contributed by atoms with Crippen molar-refractivity contribution < 1.29 is 14.3 Å². The van der Waals surface area contributed by atoms with E-state index in [0.717, 1.165) is 12.8 Å². The molecule has 3 unspecified atom stereocenters. The van der Waals surface area contributed by atoms with Crippen LogP contribution >= 0.6 is 0 Å². The SMILES string of the molecule is COc1ccccc1OC(C)CNC(=O)CC1CC2CCC(C1)N2. The molecular weight excluding hydrogens is 304 g/mol. The summed E-state index contributed by atoms with van der Waals surface area (Å²) in [6.07, 6.45) is 5.35. The molecule has 3 rings (SSSR count). The number of carbonyl (C=O) groups excluding carboxylic acids is 1. The van der Waals surface area contributed by atoms with E-state index in [1.165, 1.54) is 12.8 Å². The summed E-state index contributed by atoms with van der Waals surface area (Å²) in [7, 11) is 1.63. The van der Waals surface area contributed by atoms with Crippen molar-refractivity contribution in [3.05, 3.63) is 24.3 Å². The van der Waals surface area contributed by atoms with E-state index in [-0.39, 0.29) is 12.0 Å². The molecule has 0 spiro atoms. The second-order valence-electron chi connectivity index (χ2n) is 7.06. The van der Waals surface area contributed by atoms with Gasteiger partial charge in [-0.15, -0.1) is 0 Å². The molecule has 1 amide bonds. The first-order valence-corrected chi connectivity index (χ1v) is 8.96. The topological polar surface area (TPSA) is 59.6 Å². The van der Waals surface area contributed by atoms with Crippen molar-refractivity contribution in [2.75, 3.05) is 13.7 Å². The molecule has 0 saturated carbocycles. The van der Waals surface area contributed by atoms with E-state index in [9.17, 15) is 4.79 Å². The predicted molar refractivity (Wildman–Crippen MR) is 93.4 cm³/mol. The number of benzene rings is 1. The molecule has 2 aliphatic rings. The van der Waals surface area contributed by atoms with Crippen LogP contribution in [0.4, 0.5) is 0 Å². The summed E-state index contributed by atoms with van der Waals surface area (Å²) in [5, 5.41) is 6.63. The monoisotopic (exact) mass is 332 g/mol. The molecule has 5 nitrogen and oxygen atoms in total. The van der Waals surface area contributed by atoms with Crippen LogP contribution in [0.25, 0.3) is 0 Å². The minimum atomic E-state index is -0.102. The minimum absolute atomic E-state index is 0.102. The predicted octanol–water partition coefficient (Wildman–Crippen LogP) is 2.50. The molecule has 1 aromatic rings. The van der Waals surface area contributed by atoms with E-state index in [0.29, 0.717) is 42.5 Å². The molecule has 2 fully saturated rings. The van der Waals surface area contributed by atoms with Crippen molar-refractivity contribution in [2.24, 2.45) is 5.92 Å². The number of nitrogens with one attached hydrogen (secondary N) is 2. The van der Waals surface area contributed by atoms with E-state index in [1.54, 1.807) is 7.11 Å². The maximum absolute atomic E-state index is 12.2. The maximum atomic E-state index is 12.2. The number of piperidine rings is 1. The Kier molecular flexibility index (Phi) is 5.61. The number of para-hydroxylation sites is 2. The van der Waals surface area contributed by atoms with Crippen LogP contribution in [-0.4, -0.2) is 37.7 Å². The first kappa shape index (κ1) is 17.1. The average Bonchev–Trinajstić information content (AvgIpc) is 2.92. The van der Waals surface area contributed by atoms with Crippen LogP contribution in [0.3, 0.4) is 0 Å². The van der Waals surface area contributed by atoms with Crippen molar-refractivity contribution in [2.45, 2.75) is 57.2 Å². The van der Waals surface area contributed by atoms with Gasteiger partial charge in [-0.05, 0) is 50.7 Å². The summed E-state index contributed by atoms with van der Waals surface area (Å²) in [4.78, 5) is 12.2. The largest absolute Gasteiger partial charge is 0.493 e. The van der Waals surface area contributed by atoms with Gasteiger partial charge in [0.15, 0.2) is 11.5 Å². The van der Waals surface area contributed by atoms with Crippen molar-refractivity contribution in [1.29, 1.82) is 0 Å². The summed E-state index contributed by atoms with van der Waals surface area (Å²) in [6.45, 7) is 2.46. The Balaban J connectivity index is 1.41. The lowest BCUT2D eigenvalue weighted by atomic mass is 9.89. The number of hydrogen-bond donors (Lipinski definition) is 2. The number of rotatable bonds is 7. The zero-order valence-corrected chi connectivity index (χ0v) is 14.6. The summed E-state index contributed by atoms with van der Waals surface area (Å²) in [6, 6.07) is 8.83. The number of hydrogen-bond acceptors (Lipinski definition) is 4. The molecule has 132 valence electrons. The van der Waals surface area contributed by atoms with Crippen molar-refractivity contribution in [3.63, 3.8) is 0 Å². The molecular formula is C19H28N2O3. The Bertz CT molecular complexity index is 551. The minimum Gasteiger partial charge on any atom is -0.493 e. The molecule has 0 aromatic heterocycles. The third kappa shape index (κ3) is 4.41. The van der Waals surface area contributed by atoms with Gasteiger partial charge in [-0.3, -0.25) is 4.79 Å². The molecule has 0 radical (unpaired) electrons. The maximum Gasteiger partial charge on any atom is 0.220 e. The molecule has 3 atom stereocenters. The lowest BCUT2D eigenvalue weighted by Crippen LogP contribution is -2.40. The Morgan fingerprint density at radius 3 is 2.58 bits per heavy atom. The van der Waals surface area contributed by atoms with Crippen LogP contribution in [-0.2, 0) is 4.79 Å². The third-order valence-corrected chi connectivity index (χ3v) is 5.03. The van der Waals surface area contributed by atoms with Crippen LogP contribution < -0.4 is 20.1 Å². The summed E-state index contributed by atoms with van der Waals surface area (Å²) in [5.74, 6) is 2.07. The number of fused-ring (bicyclic) bond motifs is 2. The quantitative estimate of drug-likeness (QED) is 0.805. The van der Waals surface area contributed by atoms with Crippen LogP contribution in [0.5, 0.6) is 11.5 Å². The van der Waals surface area contributed by atoms with E-state index in [4.69, 9.17) is 9.47 Å². The van der Waals surface area contributed by atoms with Gasteiger partial charge < -0.3 is 20.1 Å². The smallest absolute Gasteiger partial charge is 0.220 e. The highest BCUT2D eigenvalue weighted by atomic mass is 16.5. The fraction of sp³-hybridized carbons (Fsp3) is 0.632. The van der Waals surface area contributed by atoms with Crippen LogP contribution in [0.15, 0.2) is 24.3 Å². The normalized spacial score (nSPS) is 26.7. The number of ether oxygens (including phenoxy) is 2. The van der Waals surface area contributed by atoms with E-state index in [1.807, 2.05) is 31.2 Å². The first-order valence-electron chi connectivity index (χ1n) is 8.96. The Labute approximate surface area is 144 Å². The highest BCUT2D eigenvalue weighted by molar-refractivity contribution is 5.76.